The molecule has 0 saturated heterocycles. The molecule has 0 aliphatic carbocycles. The zero-order valence-corrected chi connectivity index (χ0v) is 22.0. The summed E-state index contributed by atoms with van der Waals surface area (Å²) in [6.07, 6.45) is 0.521. The van der Waals surface area contributed by atoms with Crippen LogP contribution in [-0.4, -0.2) is 25.9 Å². The Balaban J connectivity index is 1.33. The molecule has 182 valence electrons. The second-order valence-electron chi connectivity index (χ2n) is 7.95. The molecule has 0 atom stereocenters. The molecule has 1 heterocycles. The predicted molar refractivity (Wildman–Crippen MR) is 142 cm³/mol. The number of fused-ring (bicyclic) bond motifs is 1. The van der Waals surface area contributed by atoms with Crippen LogP contribution < -0.4 is 15.6 Å². The Hall–Kier alpha value is -2.69. The summed E-state index contributed by atoms with van der Waals surface area (Å²) in [5.74, 6) is -0.304. The molecule has 1 amide bonds. The van der Waals surface area contributed by atoms with Gasteiger partial charge in [-0.25, -0.2) is 13.4 Å². The lowest BCUT2D eigenvalue weighted by molar-refractivity contribution is 0.0954. The molecule has 7 nitrogen and oxygen atoms in total. The number of nitrogens with zero attached hydrogens (tertiary/aromatic N) is 1. The molecule has 0 radical (unpaired) electrons. The van der Waals surface area contributed by atoms with Gasteiger partial charge in [-0.1, -0.05) is 52.7 Å². The number of aryl methyl sites for hydroxylation is 2. The van der Waals surface area contributed by atoms with Gasteiger partial charge < -0.3 is 5.32 Å². The molecule has 4 aromatic rings. The molecule has 0 spiro atoms. The van der Waals surface area contributed by atoms with Gasteiger partial charge in [-0.3, -0.25) is 10.2 Å². The number of halogens is 2. The summed E-state index contributed by atoms with van der Waals surface area (Å²) in [4.78, 5) is 19.3. The molecule has 0 aliphatic heterocycles. The van der Waals surface area contributed by atoms with Crippen LogP contribution in [0.25, 0.3) is 10.2 Å². The molecule has 0 unspecified atom stereocenters. The maximum Gasteiger partial charge on any atom is 0.257 e. The fourth-order valence-electron chi connectivity index (χ4n) is 3.52. The van der Waals surface area contributed by atoms with Crippen molar-refractivity contribution in [3.63, 3.8) is 0 Å². The number of benzene rings is 3. The average molecular weight is 550 g/mol. The molecular weight excluding hydrogens is 527 g/mol. The van der Waals surface area contributed by atoms with Gasteiger partial charge in [-0.15, -0.1) is 4.83 Å². The largest absolute Gasteiger partial charge is 0.352 e. The monoisotopic (exact) mass is 548 g/mol. The van der Waals surface area contributed by atoms with E-state index in [1.807, 2.05) is 26.0 Å². The standard InChI is InChI=1S/C24H22Cl2N4O3S2/c1-14-11-15(2)22-21(12-14)34-24(28-22)29-30-35(32,33)18-6-3-16(4-7-18)9-10-27-23(31)19-8-5-17(25)13-20(19)26/h3-8,11-13,30H,9-10H2,1-2H3,(H,27,31)(H,28,29). The summed E-state index contributed by atoms with van der Waals surface area (Å²) in [6.45, 7) is 4.35. The third-order valence-corrected chi connectivity index (χ3v) is 7.96. The van der Waals surface area contributed by atoms with Gasteiger partial charge in [0.15, 0.2) is 5.13 Å². The SMILES string of the molecule is Cc1cc(C)c2nc(NNS(=O)(=O)c3ccc(CCNC(=O)c4ccc(Cl)cc4Cl)cc3)sc2c1. The molecule has 0 saturated carbocycles. The van der Waals surface area contributed by atoms with E-state index in [9.17, 15) is 13.2 Å². The highest BCUT2D eigenvalue weighted by atomic mass is 35.5. The van der Waals surface area contributed by atoms with Crippen LogP contribution in [0, 0.1) is 13.8 Å². The lowest BCUT2D eigenvalue weighted by Crippen LogP contribution is -2.29. The highest BCUT2D eigenvalue weighted by molar-refractivity contribution is 7.89. The van der Waals surface area contributed by atoms with Crippen molar-refractivity contribution in [2.75, 3.05) is 12.0 Å². The number of hydrazine groups is 1. The molecule has 11 heteroatoms. The van der Waals surface area contributed by atoms with Crippen molar-refractivity contribution in [2.45, 2.75) is 25.2 Å². The zero-order valence-electron chi connectivity index (χ0n) is 18.9. The van der Waals surface area contributed by atoms with Crippen LogP contribution in [0.15, 0.2) is 59.5 Å². The van der Waals surface area contributed by atoms with Gasteiger partial charge in [-0.2, -0.15) is 0 Å². The van der Waals surface area contributed by atoms with E-state index < -0.39 is 10.0 Å². The zero-order chi connectivity index (χ0) is 25.2. The number of hydrogen-bond acceptors (Lipinski definition) is 6. The minimum atomic E-state index is -3.80. The highest BCUT2D eigenvalue weighted by Crippen LogP contribution is 2.29. The number of anilines is 1. The number of carbonyl (C=O) groups is 1. The van der Waals surface area contributed by atoms with Crippen LogP contribution >= 0.6 is 34.5 Å². The number of rotatable bonds is 8. The number of nitrogens with one attached hydrogen (secondary N) is 3. The summed E-state index contributed by atoms with van der Waals surface area (Å²) < 4.78 is 26.4. The van der Waals surface area contributed by atoms with E-state index in [1.165, 1.54) is 29.5 Å². The number of thiazole rings is 1. The van der Waals surface area contributed by atoms with Gasteiger partial charge in [-0.05, 0) is 73.4 Å². The lowest BCUT2D eigenvalue weighted by atomic mass is 10.1. The summed E-state index contributed by atoms with van der Waals surface area (Å²) in [5, 5.41) is 3.99. The van der Waals surface area contributed by atoms with E-state index in [-0.39, 0.29) is 15.8 Å². The number of amides is 1. The van der Waals surface area contributed by atoms with E-state index in [0.29, 0.717) is 28.7 Å². The minimum Gasteiger partial charge on any atom is -0.352 e. The van der Waals surface area contributed by atoms with E-state index in [0.717, 1.165) is 26.9 Å². The third-order valence-electron chi connectivity index (χ3n) is 5.23. The first-order valence-electron chi connectivity index (χ1n) is 10.6. The molecule has 1 aromatic heterocycles. The Kier molecular flexibility index (Phi) is 7.63. The Bertz CT molecular complexity index is 1500. The summed E-state index contributed by atoms with van der Waals surface area (Å²) >= 11 is 13.3. The average Bonchev–Trinajstić information content (AvgIpc) is 3.21. The summed E-state index contributed by atoms with van der Waals surface area (Å²) in [5.41, 5.74) is 6.93. The van der Waals surface area contributed by atoms with E-state index in [4.69, 9.17) is 23.2 Å². The minimum absolute atomic E-state index is 0.110. The van der Waals surface area contributed by atoms with Crippen molar-refractivity contribution in [1.82, 2.24) is 15.1 Å². The normalized spacial score (nSPS) is 11.5. The van der Waals surface area contributed by atoms with Crippen LogP contribution in [0.2, 0.25) is 10.0 Å². The lowest BCUT2D eigenvalue weighted by Gasteiger charge is -2.09. The van der Waals surface area contributed by atoms with Crippen molar-refractivity contribution in [3.8, 4) is 0 Å². The topological polar surface area (TPSA) is 100 Å². The Morgan fingerprint density at radius 3 is 2.49 bits per heavy atom. The van der Waals surface area contributed by atoms with E-state index in [1.54, 1.807) is 24.3 Å². The van der Waals surface area contributed by atoms with Crippen molar-refractivity contribution < 1.29 is 13.2 Å². The second-order valence-corrected chi connectivity index (χ2v) is 11.5. The summed E-state index contributed by atoms with van der Waals surface area (Å²) in [6, 6.07) is 15.2. The van der Waals surface area contributed by atoms with Gasteiger partial charge in [0, 0.05) is 11.6 Å². The van der Waals surface area contributed by atoms with Crippen LogP contribution in [0.4, 0.5) is 5.13 Å². The molecule has 0 bridgehead atoms. The molecular formula is C24H22Cl2N4O3S2. The van der Waals surface area contributed by atoms with Crippen LogP contribution in [0.1, 0.15) is 27.0 Å². The Morgan fingerprint density at radius 1 is 1.03 bits per heavy atom. The maximum absolute atomic E-state index is 12.7. The van der Waals surface area contributed by atoms with Gasteiger partial charge in [0.05, 0.1) is 25.7 Å². The Labute approximate surface area is 217 Å². The molecule has 4 rings (SSSR count). The maximum atomic E-state index is 12.7. The van der Waals surface area contributed by atoms with Crippen molar-refractivity contribution in [3.05, 3.63) is 86.9 Å². The third kappa shape index (κ3) is 6.12. The van der Waals surface area contributed by atoms with Gasteiger partial charge in [0.1, 0.15) is 0 Å². The number of carbonyl (C=O) groups excluding carboxylic acids is 1. The molecule has 35 heavy (non-hydrogen) atoms. The van der Waals surface area contributed by atoms with Crippen molar-refractivity contribution in [1.29, 1.82) is 0 Å². The highest BCUT2D eigenvalue weighted by Gasteiger charge is 2.15. The number of sulfonamides is 1. The van der Waals surface area contributed by atoms with Crippen molar-refractivity contribution in [2.24, 2.45) is 0 Å². The number of aromatic nitrogens is 1. The second kappa shape index (κ2) is 10.5. The smallest absolute Gasteiger partial charge is 0.257 e. The first-order chi connectivity index (χ1) is 16.6. The van der Waals surface area contributed by atoms with Crippen LogP contribution in [0.3, 0.4) is 0 Å². The predicted octanol–water partition coefficient (Wildman–Crippen LogP) is 5.50. The fraction of sp³-hybridized carbons (Fsp3) is 0.167. The summed E-state index contributed by atoms with van der Waals surface area (Å²) in [7, 11) is -3.80. The van der Waals surface area contributed by atoms with Gasteiger partial charge >= 0.3 is 0 Å². The van der Waals surface area contributed by atoms with Crippen LogP contribution in [0.5, 0.6) is 0 Å². The molecule has 3 aromatic carbocycles. The van der Waals surface area contributed by atoms with Crippen molar-refractivity contribution >= 4 is 65.8 Å². The molecule has 0 aliphatic rings. The van der Waals surface area contributed by atoms with Gasteiger partial charge in [0.25, 0.3) is 15.9 Å². The van der Waals surface area contributed by atoms with Gasteiger partial charge in [0.2, 0.25) is 0 Å². The quantitative estimate of drug-likeness (QED) is 0.252. The first kappa shape index (κ1) is 25.4. The van der Waals surface area contributed by atoms with Crippen LogP contribution in [-0.2, 0) is 16.4 Å². The Morgan fingerprint density at radius 2 is 1.77 bits per heavy atom. The van der Waals surface area contributed by atoms with E-state index >= 15 is 0 Å². The number of hydrogen-bond donors (Lipinski definition) is 3. The first-order valence-corrected chi connectivity index (χ1v) is 13.7. The fourth-order valence-corrected chi connectivity index (χ4v) is 5.92. The molecule has 0 fully saturated rings. The molecule has 3 N–H and O–H groups in total. The van der Waals surface area contributed by atoms with E-state index in [2.05, 4.69) is 20.6 Å².